The van der Waals surface area contributed by atoms with Gasteiger partial charge in [0.2, 0.25) is 17.7 Å². The SMILES string of the molecule is C=CCN(C)C(=O)[C@H]1[C@H]2C(=O)N([C@@H](CO)C(C)C)C(C(=O)N(CC=C)C(C)(C)C)C23CC[C@]1(C)O3. The first-order valence-corrected chi connectivity index (χ1v) is 12.6. The van der Waals surface area contributed by atoms with E-state index in [1.165, 1.54) is 0 Å². The van der Waals surface area contributed by atoms with E-state index >= 15 is 0 Å². The third-order valence-electron chi connectivity index (χ3n) is 8.20. The summed E-state index contributed by atoms with van der Waals surface area (Å²) in [6.45, 7) is 19.5. The minimum atomic E-state index is -1.12. The number of nitrogens with zero attached hydrogens (tertiary/aromatic N) is 3. The van der Waals surface area contributed by atoms with Gasteiger partial charge in [-0.15, -0.1) is 13.2 Å². The van der Waals surface area contributed by atoms with Crippen molar-refractivity contribution < 1.29 is 24.2 Å². The number of hydrogen-bond donors (Lipinski definition) is 1. The van der Waals surface area contributed by atoms with E-state index < -0.39 is 40.7 Å². The normalized spacial score (nSPS) is 32.5. The number of carbonyl (C=O) groups excluding carboxylic acids is 3. The Balaban J connectivity index is 2.19. The van der Waals surface area contributed by atoms with Gasteiger partial charge in [0.05, 0.1) is 30.1 Å². The standard InChI is InChI=1S/C27H43N3O5/c1-10-14-28(9)22(32)19-20-23(33)30(18(16-31)17(3)4)21(27(20)13-12-26(19,8)35-27)24(34)29(15-11-2)25(5,6)7/h10-11,17-21,31H,1-2,12-16H2,3-9H3/t18-,19+,20-,21?,26-,27?/m0/s1. The number of amides is 3. The zero-order valence-corrected chi connectivity index (χ0v) is 22.4. The van der Waals surface area contributed by atoms with Gasteiger partial charge in [0, 0.05) is 25.7 Å². The van der Waals surface area contributed by atoms with E-state index in [-0.39, 0.29) is 30.2 Å². The molecule has 0 aliphatic carbocycles. The first-order chi connectivity index (χ1) is 16.2. The number of rotatable bonds is 9. The number of likely N-dealkylation sites (tertiary alicyclic amines) is 1. The lowest BCUT2D eigenvalue weighted by molar-refractivity contribution is -0.159. The lowest BCUT2D eigenvalue weighted by Gasteiger charge is -2.44. The van der Waals surface area contributed by atoms with Crippen molar-refractivity contribution >= 4 is 17.7 Å². The minimum Gasteiger partial charge on any atom is -0.394 e. The molecule has 3 saturated heterocycles. The van der Waals surface area contributed by atoms with Gasteiger partial charge < -0.3 is 24.5 Å². The summed E-state index contributed by atoms with van der Waals surface area (Å²) >= 11 is 0. The van der Waals surface area contributed by atoms with Crippen molar-refractivity contribution in [2.75, 3.05) is 26.7 Å². The molecule has 8 nitrogen and oxygen atoms in total. The summed E-state index contributed by atoms with van der Waals surface area (Å²) in [5.41, 5.74) is -2.48. The van der Waals surface area contributed by atoms with Crippen molar-refractivity contribution in [2.45, 2.75) is 83.2 Å². The molecule has 35 heavy (non-hydrogen) atoms. The largest absolute Gasteiger partial charge is 0.394 e. The highest BCUT2D eigenvalue weighted by molar-refractivity contribution is 5.99. The van der Waals surface area contributed by atoms with Crippen LogP contribution < -0.4 is 0 Å². The molecule has 3 aliphatic rings. The number of carbonyl (C=O) groups is 3. The minimum absolute atomic E-state index is 0.0951. The van der Waals surface area contributed by atoms with Crippen LogP contribution in [0.3, 0.4) is 0 Å². The van der Waals surface area contributed by atoms with Gasteiger partial charge in [-0.3, -0.25) is 14.4 Å². The highest BCUT2D eigenvalue weighted by Gasteiger charge is 2.79. The average Bonchev–Trinajstić information content (AvgIpc) is 3.32. The Morgan fingerprint density at radius 1 is 1.20 bits per heavy atom. The fourth-order valence-corrected chi connectivity index (χ4v) is 6.49. The molecule has 3 amide bonds. The molecule has 0 saturated carbocycles. The fourth-order valence-electron chi connectivity index (χ4n) is 6.49. The Labute approximate surface area is 210 Å². The van der Waals surface area contributed by atoms with Crippen LogP contribution in [0, 0.1) is 17.8 Å². The summed E-state index contributed by atoms with van der Waals surface area (Å²) in [4.78, 5) is 47.0. The van der Waals surface area contributed by atoms with Crippen molar-refractivity contribution in [3.63, 3.8) is 0 Å². The quantitative estimate of drug-likeness (QED) is 0.502. The second kappa shape index (κ2) is 9.36. The van der Waals surface area contributed by atoms with E-state index in [9.17, 15) is 19.5 Å². The van der Waals surface area contributed by atoms with E-state index in [0.717, 1.165) is 0 Å². The molecule has 1 spiro atoms. The molecular formula is C27H43N3O5. The molecule has 1 N–H and O–H groups in total. The third-order valence-corrected chi connectivity index (χ3v) is 8.20. The Hall–Kier alpha value is -2.19. The van der Waals surface area contributed by atoms with Crippen LogP contribution in [-0.2, 0) is 19.1 Å². The Morgan fingerprint density at radius 2 is 1.80 bits per heavy atom. The van der Waals surface area contributed by atoms with Gasteiger partial charge in [-0.2, -0.15) is 0 Å². The second-order valence-electron chi connectivity index (χ2n) is 11.9. The first-order valence-electron chi connectivity index (χ1n) is 12.6. The van der Waals surface area contributed by atoms with Crippen LogP contribution in [0.15, 0.2) is 25.3 Å². The van der Waals surface area contributed by atoms with Gasteiger partial charge in [0.1, 0.15) is 11.6 Å². The molecule has 0 aromatic rings. The fraction of sp³-hybridized carbons (Fsp3) is 0.741. The van der Waals surface area contributed by atoms with Gasteiger partial charge >= 0.3 is 0 Å². The zero-order valence-electron chi connectivity index (χ0n) is 22.4. The van der Waals surface area contributed by atoms with Crippen LogP contribution in [-0.4, -0.2) is 93.1 Å². The van der Waals surface area contributed by atoms with Crippen LogP contribution in [0.25, 0.3) is 0 Å². The number of aliphatic hydroxyl groups excluding tert-OH is 1. The summed E-state index contributed by atoms with van der Waals surface area (Å²) in [5, 5.41) is 10.3. The van der Waals surface area contributed by atoms with Crippen LogP contribution in [0.1, 0.15) is 54.4 Å². The maximum Gasteiger partial charge on any atom is 0.249 e. The number of fused-ring (bicyclic) bond motifs is 1. The lowest BCUT2D eigenvalue weighted by atomic mass is 9.66. The Morgan fingerprint density at radius 3 is 2.29 bits per heavy atom. The molecule has 6 atom stereocenters. The zero-order chi connectivity index (χ0) is 26.5. The molecular weight excluding hydrogens is 446 g/mol. The molecule has 3 fully saturated rings. The third kappa shape index (κ3) is 4.12. The molecule has 3 heterocycles. The predicted molar refractivity (Wildman–Crippen MR) is 134 cm³/mol. The molecule has 0 radical (unpaired) electrons. The highest BCUT2D eigenvalue weighted by atomic mass is 16.5. The molecule has 196 valence electrons. The van der Waals surface area contributed by atoms with E-state index in [1.807, 2.05) is 41.5 Å². The Kier molecular flexibility index (Phi) is 7.32. The molecule has 0 aromatic carbocycles. The van der Waals surface area contributed by atoms with E-state index in [2.05, 4.69) is 13.2 Å². The van der Waals surface area contributed by atoms with Gasteiger partial charge in [-0.1, -0.05) is 26.0 Å². The first kappa shape index (κ1) is 27.4. The molecule has 3 rings (SSSR count). The Bertz CT molecular complexity index is 896. The second-order valence-corrected chi connectivity index (χ2v) is 11.9. The molecule has 2 unspecified atom stereocenters. The van der Waals surface area contributed by atoms with Gasteiger partial charge in [0.15, 0.2) is 0 Å². The monoisotopic (exact) mass is 489 g/mol. The van der Waals surface area contributed by atoms with Crippen molar-refractivity contribution in [3.05, 3.63) is 25.3 Å². The van der Waals surface area contributed by atoms with Crippen LogP contribution in [0.4, 0.5) is 0 Å². The topological polar surface area (TPSA) is 90.4 Å². The summed E-state index contributed by atoms with van der Waals surface area (Å²) in [6.07, 6.45) is 4.41. The molecule has 3 aliphatic heterocycles. The van der Waals surface area contributed by atoms with Crippen LogP contribution >= 0.6 is 0 Å². The van der Waals surface area contributed by atoms with Gasteiger partial charge in [-0.25, -0.2) is 0 Å². The van der Waals surface area contributed by atoms with Gasteiger partial charge in [-0.05, 0) is 46.5 Å². The highest BCUT2D eigenvalue weighted by Crippen LogP contribution is 2.64. The van der Waals surface area contributed by atoms with E-state index in [4.69, 9.17) is 4.74 Å². The van der Waals surface area contributed by atoms with E-state index in [0.29, 0.717) is 25.9 Å². The average molecular weight is 490 g/mol. The number of aliphatic hydroxyl groups is 1. The summed E-state index contributed by atoms with van der Waals surface area (Å²) < 4.78 is 6.69. The number of likely N-dealkylation sites (N-methyl/N-ethyl adjacent to an activating group) is 1. The number of ether oxygens (including phenoxy) is 1. The predicted octanol–water partition coefficient (Wildman–Crippen LogP) is 2.23. The van der Waals surface area contributed by atoms with Gasteiger partial charge in [0.25, 0.3) is 0 Å². The van der Waals surface area contributed by atoms with Crippen LogP contribution in [0.5, 0.6) is 0 Å². The lowest BCUT2D eigenvalue weighted by Crippen LogP contribution is -2.62. The summed E-state index contributed by atoms with van der Waals surface area (Å²) in [6, 6.07) is -1.50. The van der Waals surface area contributed by atoms with Crippen molar-refractivity contribution in [3.8, 4) is 0 Å². The maximum absolute atomic E-state index is 14.3. The summed E-state index contributed by atoms with van der Waals surface area (Å²) in [5.74, 6) is -2.27. The van der Waals surface area contributed by atoms with Crippen molar-refractivity contribution in [2.24, 2.45) is 17.8 Å². The molecule has 8 heteroatoms. The molecule has 2 bridgehead atoms. The van der Waals surface area contributed by atoms with Crippen LogP contribution in [0.2, 0.25) is 0 Å². The van der Waals surface area contributed by atoms with Crippen molar-refractivity contribution in [1.82, 2.24) is 14.7 Å². The molecule has 0 aromatic heterocycles. The summed E-state index contributed by atoms with van der Waals surface area (Å²) in [7, 11) is 1.70. The number of hydrogen-bond acceptors (Lipinski definition) is 5. The van der Waals surface area contributed by atoms with E-state index in [1.54, 1.807) is 33.9 Å². The van der Waals surface area contributed by atoms with Crippen molar-refractivity contribution in [1.29, 1.82) is 0 Å². The smallest absolute Gasteiger partial charge is 0.249 e. The maximum atomic E-state index is 14.3.